The topological polar surface area (TPSA) is 67.9 Å². The van der Waals surface area contributed by atoms with Gasteiger partial charge < -0.3 is 9.72 Å². The van der Waals surface area contributed by atoms with E-state index < -0.39 is 23.2 Å². The van der Waals surface area contributed by atoms with Crippen LogP contribution in [0.2, 0.25) is 15.1 Å². The van der Waals surface area contributed by atoms with Gasteiger partial charge in [0, 0.05) is 24.0 Å². The number of halogens is 6. The second-order valence-corrected chi connectivity index (χ2v) is 6.35. The lowest BCUT2D eigenvalue weighted by Gasteiger charge is -2.14. The van der Waals surface area contributed by atoms with Crippen molar-refractivity contribution in [1.82, 2.24) is 15.0 Å². The van der Waals surface area contributed by atoms with Crippen molar-refractivity contribution in [3.8, 4) is 22.9 Å². The third kappa shape index (κ3) is 4.18. The summed E-state index contributed by atoms with van der Waals surface area (Å²) in [6, 6.07) is 5.08. The van der Waals surface area contributed by atoms with Crippen LogP contribution in [-0.2, 0) is 6.18 Å². The highest BCUT2D eigenvalue weighted by atomic mass is 35.5. The molecule has 0 aliphatic carbocycles. The summed E-state index contributed by atoms with van der Waals surface area (Å²) in [7, 11) is 0. The first kappa shape index (κ1) is 19.5. The van der Waals surface area contributed by atoms with Gasteiger partial charge in [-0.05, 0) is 18.2 Å². The number of nitrogens with zero attached hydrogens (tertiary/aromatic N) is 2. The van der Waals surface area contributed by atoms with Gasteiger partial charge in [-0.15, -0.1) is 0 Å². The van der Waals surface area contributed by atoms with Crippen molar-refractivity contribution < 1.29 is 17.9 Å². The summed E-state index contributed by atoms with van der Waals surface area (Å²) < 4.78 is 45.6. The van der Waals surface area contributed by atoms with Crippen LogP contribution < -0.4 is 10.3 Å². The molecule has 0 aliphatic rings. The molecule has 1 N–H and O–H groups in total. The number of rotatable bonds is 3. The van der Waals surface area contributed by atoms with Crippen LogP contribution in [0.4, 0.5) is 13.2 Å². The number of ether oxygens (including phenoxy) is 1. The first-order chi connectivity index (χ1) is 12.7. The molecule has 0 spiro atoms. The summed E-state index contributed by atoms with van der Waals surface area (Å²) in [5, 5.41) is 0.244. The van der Waals surface area contributed by atoms with Crippen LogP contribution >= 0.6 is 34.8 Å². The van der Waals surface area contributed by atoms with Gasteiger partial charge in [0.05, 0.1) is 15.1 Å². The monoisotopic (exact) mass is 435 g/mol. The largest absolute Gasteiger partial charge is 0.449 e. The quantitative estimate of drug-likeness (QED) is 0.580. The Morgan fingerprint density at radius 2 is 1.78 bits per heavy atom. The summed E-state index contributed by atoms with van der Waals surface area (Å²) >= 11 is 17.5. The predicted octanol–water partition coefficient (Wildman–Crippen LogP) is 5.60. The fourth-order valence-electron chi connectivity index (χ4n) is 2.10. The van der Waals surface area contributed by atoms with Crippen molar-refractivity contribution in [3.05, 3.63) is 67.8 Å². The summed E-state index contributed by atoms with van der Waals surface area (Å²) in [5.74, 6) is -1.52. The zero-order valence-corrected chi connectivity index (χ0v) is 15.2. The van der Waals surface area contributed by atoms with E-state index in [0.29, 0.717) is 0 Å². The molecule has 1 aromatic carbocycles. The minimum atomic E-state index is -4.96. The number of alkyl halides is 3. The molecule has 0 bridgehead atoms. The van der Waals surface area contributed by atoms with Gasteiger partial charge in [0.25, 0.3) is 5.56 Å². The summed E-state index contributed by atoms with van der Waals surface area (Å²) in [4.78, 5) is 21.8. The number of aromatic amines is 1. The van der Waals surface area contributed by atoms with Gasteiger partial charge in [-0.1, -0.05) is 34.8 Å². The number of hydrogen-bond donors (Lipinski definition) is 1. The molecule has 0 fully saturated rings. The molecule has 0 radical (unpaired) electrons. The van der Waals surface area contributed by atoms with E-state index >= 15 is 0 Å². The second-order valence-electron chi connectivity index (χ2n) is 5.12. The van der Waals surface area contributed by atoms with E-state index in [1.54, 1.807) is 0 Å². The van der Waals surface area contributed by atoms with E-state index in [9.17, 15) is 18.0 Å². The van der Waals surface area contributed by atoms with E-state index in [-0.39, 0.29) is 32.2 Å². The van der Waals surface area contributed by atoms with E-state index in [2.05, 4.69) is 15.0 Å². The van der Waals surface area contributed by atoms with Crippen LogP contribution in [0.5, 0.6) is 11.5 Å². The molecule has 0 atom stereocenters. The van der Waals surface area contributed by atoms with Crippen molar-refractivity contribution in [3.63, 3.8) is 0 Å². The molecule has 2 aromatic heterocycles. The second kappa shape index (κ2) is 7.38. The highest BCUT2D eigenvalue weighted by molar-refractivity contribution is 6.42. The average molecular weight is 437 g/mol. The van der Waals surface area contributed by atoms with Crippen LogP contribution in [0.1, 0.15) is 5.69 Å². The van der Waals surface area contributed by atoms with Crippen molar-refractivity contribution in [2.24, 2.45) is 0 Å². The third-order valence-electron chi connectivity index (χ3n) is 3.28. The Kier molecular flexibility index (Phi) is 5.32. The average Bonchev–Trinajstić information content (AvgIpc) is 2.59. The van der Waals surface area contributed by atoms with Gasteiger partial charge in [0.15, 0.2) is 5.69 Å². The zero-order chi connectivity index (χ0) is 19.8. The van der Waals surface area contributed by atoms with Gasteiger partial charge in [-0.25, -0.2) is 4.98 Å². The Bertz CT molecular complexity index is 1070. The minimum absolute atomic E-state index is 0.0203. The normalized spacial score (nSPS) is 11.5. The fourth-order valence-corrected chi connectivity index (χ4v) is 2.60. The SMILES string of the molecule is O=c1[nH]c(-c2ccncc2Cl)nc(C(F)(F)F)c1Oc1ccc(Cl)c(Cl)c1. The minimum Gasteiger partial charge on any atom is -0.449 e. The first-order valence-electron chi connectivity index (χ1n) is 7.11. The fraction of sp³-hybridized carbons (Fsp3) is 0.0625. The molecule has 0 saturated heterocycles. The molecule has 0 amide bonds. The molecule has 2 heterocycles. The predicted molar refractivity (Wildman–Crippen MR) is 94.6 cm³/mol. The smallest absolute Gasteiger partial charge is 0.437 e. The van der Waals surface area contributed by atoms with Crippen LogP contribution in [0, 0.1) is 0 Å². The van der Waals surface area contributed by atoms with Crippen LogP contribution in [0.3, 0.4) is 0 Å². The Morgan fingerprint density at radius 3 is 2.41 bits per heavy atom. The molecule has 0 unspecified atom stereocenters. The standard InChI is InChI=1S/C16H7Cl3F3N3O2/c17-9-2-1-7(5-10(9)18)27-12-13(16(20,21)22)24-14(25-15(12)26)8-3-4-23-6-11(8)19/h1-6H,(H,24,25,26). The Morgan fingerprint density at radius 1 is 1.04 bits per heavy atom. The molecule has 11 heteroatoms. The highest BCUT2D eigenvalue weighted by Gasteiger charge is 2.39. The summed E-state index contributed by atoms with van der Waals surface area (Å²) in [6.45, 7) is 0. The molecule has 0 saturated carbocycles. The summed E-state index contributed by atoms with van der Waals surface area (Å²) in [5.41, 5.74) is -2.58. The highest BCUT2D eigenvalue weighted by Crippen LogP contribution is 2.37. The van der Waals surface area contributed by atoms with Gasteiger partial charge in [0.2, 0.25) is 5.75 Å². The van der Waals surface area contributed by atoms with Crippen molar-refractivity contribution in [1.29, 1.82) is 0 Å². The lowest BCUT2D eigenvalue weighted by molar-refractivity contribution is -0.142. The van der Waals surface area contributed by atoms with Crippen LogP contribution in [0.15, 0.2) is 41.5 Å². The maximum atomic E-state index is 13.5. The zero-order valence-electron chi connectivity index (χ0n) is 12.9. The van der Waals surface area contributed by atoms with E-state index in [4.69, 9.17) is 39.5 Å². The Hall–Kier alpha value is -2.29. The van der Waals surface area contributed by atoms with Crippen LogP contribution in [0.25, 0.3) is 11.4 Å². The maximum Gasteiger partial charge on any atom is 0.437 e. The molecule has 3 aromatic rings. The van der Waals surface area contributed by atoms with Crippen molar-refractivity contribution in [2.45, 2.75) is 6.18 Å². The molecular weight excluding hydrogens is 430 g/mol. The van der Waals surface area contributed by atoms with Gasteiger partial charge in [-0.3, -0.25) is 9.78 Å². The Labute approximate surface area is 164 Å². The van der Waals surface area contributed by atoms with Gasteiger partial charge >= 0.3 is 6.18 Å². The van der Waals surface area contributed by atoms with Gasteiger partial charge in [0.1, 0.15) is 11.6 Å². The lowest BCUT2D eigenvalue weighted by atomic mass is 10.2. The number of aromatic nitrogens is 3. The Balaban J connectivity index is 2.15. The number of hydrogen-bond acceptors (Lipinski definition) is 4. The third-order valence-corrected chi connectivity index (χ3v) is 4.32. The lowest BCUT2D eigenvalue weighted by Crippen LogP contribution is -2.20. The van der Waals surface area contributed by atoms with Gasteiger partial charge in [-0.2, -0.15) is 13.2 Å². The molecule has 140 valence electrons. The molecular formula is C16H7Cl3F3N3O2. The van der Waals surface area contributed by atoms with E-state index in [1.807, 2.05) is 0 Å². The van der Waals surface area contributed by atoms with Crippen molar-refractivity contribution in [2.75, 3.05) is 0 Å². The van der Waals surface area contributed by atoms with E-state index in [0.717, 1.165) is 0 Å². The maximum absolute atomic E-state index is 13.5. The summed E-state index contributed by atoms with van der Waals surface area (Å²) in [6.07, 6.45) is -2.45. The number of pyridine rings is 1. The number of nitrogens with one attached hydrogen (secondary N) is 1. The van der Waals surface area contributed by atoms with Crippen LogP contribution in [-0.4, -0.2) is 15.0 Å². The molecule has 3 rings (SSSR count). The van der Waals surface area contributed by atoms with E-state index in [1.165, 1.54) is 36.7 Å². The molecule has 5 nitrogen and oxygen atoms in total. The molecule has 27 heavy (non-hydrogen) atoms. The molecule has 0 aliphatic heterocycles. The number of H-pyrrole nitrogens is 1. The first-order valence-corrected chi connectivity index (χ1v) is 8.24. The van der Waals surface area contributed by atoms with Crippen molar-refractivity contribution >= 4 is 34.8 Å². The number of benzene rings is 1.